The number of rotatable bonds is 53. The number of phosphoric acid groups is 1. The molecule has 3 unspecified atom stereocenters. The fourth-order valence-electron chi connectivity index (χ4n) is 7.67. The van der Waals surface area contributed by atoms with Gasteiger partial charge in [0.2, 0.25) is 0 Å². The van der Waals surface area contributed by atoms with Gasteiger partial charge in [0.25, 0.3) is 0 Å². The molecule has 10 heteroatoms. The maximum Gasteiger partial charge on any atom is 0.472 e. The first-order valence-electron chi connectivity index (χ1n) is 27.9. The highest BCUT2D eigenvalue weighted by molar-refractivity contribution is 7.47. The van der Waals surface area contributed by atoms with Crippen molar-refractivity contribution in [3.63, 3.8) is 0 Å². The fourth-order valence-corrected chi connectivity index (χ4v) is 8.46. The first-order valence-corrected chi connectivity index (χ1v) is 29.4. The monoisotopic (exact) mass is 977 g/mol. The minimum absolute atomic E-state index is 0.0410. The molecule has 0 spiro atoms. The maximum absolute atomic E-state index is 12.7. The van der Waals surface area contributed by atoms with Crippen LogP contribution in [0, 0.1) is 0 Å². The quantitative estimate of drug-likeness (QED) is 0.0236. The largest absolute Gasteiger partial charge is 0.472 e. The van der Waals surface area contributed by atoms with Crippen LogP contribution >= 0.6 is 7.82 Å². The Morgan fingerprint density at radius 2 is 0.838 bits per heavy atom. The van der Waals surface area contributed by atoms with Crippen molar-refractivity contribution < 1.29 is 43.0 Å². The van der Waals surface area contributed by atoms with Crippen LogP contribution in [-0.4, -0.2) is 66.3 Å². The molecule has 0 radical (unpaired) electrons. The van der Waals surface area contributed by atoms with Gasteiger partial charge in [-0.15, -0.1) is 0 Å². The molecule has 3 N–H and O–H groups in total. The minimum atomic E-state index is -4.53. The van der Waals surface area contributed by atoms with Crippen LogP contribution in [0.4, 0.5) is 0 Å². The predicted octanol–water partition coefficient (Wildman–Crippen LogP) is 16.8. The van der Waals surface area contributed by atoms with E-state index in [0.29, 0.717) is 6.61 Å². The SMILES string of the molecule is CC/C=C\C/C=C\C/C=C\C/C=C\C/C=C\CCCCCCCCCCOCC(COP(=O)(O)OCC(O)CO)OC(=O)CCCCCCCCCCCCC/C=C\CCCCCCCCCC. The van der Waals surface area contributed by atoms with Crippen LogP contribution in [0.15, 0.2) is 72.9 Å². The number of hydrogen-bond donors (Lipinski definition) is 3. The Hall–Kier alpha value is -2.10. The molecule has 0 amide bonds. The molecule has 0 aliphatic carbocycles. The number of ether oxygens (including phenoxy) is 2. The highest BCUT2D eigenvalue weighted by atomic mass is 31.2. The Bertz CT molecular complexity index is 1290. The molecular weight excluding hydrogens is 872 g/mol. The number of unbranched alkanes of at least 4 members (excludes halogenated alkanes) is 27. The molecule has 396 valence electrons. The van der Waals surface area contributed by atoms with E-state index in [-0.39, 0.29) is 25.6 Å². The summed E-state index contributed by atoms with van der Waals surface area (Å²) in [5.41, 5.74) is 0. The summed E-state index contributed by atoms with van der Waals surface area (Å²) in [4.78, 5) is 22.8. The Kier molecular flexibility index (Phi) is 52.6. The van der Waals surface area contributed by atoms with Gasteiger partial charge in [-0.2, -0.15) is 0 Å². The van der Waals surface area contributed by atoms with E-state index in [0.717, 1.165) is 77.0 Å². The molecule has 0 aromatic rings. The van der Waals surface area contributed by atoms with Gasteiger partial charge >= 0.3 is 13.8 Å². The number of phosphoric ester groups is 1. The zero-order valence-electron chi connectivity index (χ0n) is 43.8. The number of hydrogen-bond acceptors (Lipinski definition) is 8. The number of aliphatic hydroxyl groups excluding tert-OH is 2. The first-order chi connectivity index (χ1) is 33.3. The van der Waals surface area contributed by atoms with E-state index < -0.39 is 33.2 Å². The molecule has 0 heterocycles. The third kappa shape index (κ3) is 53.3. The lowest BCUT2D eigenvalue weighted by atomic mass is 10.0. The second-order valence-corrected chi connectivity index (χ2v) is 20.0. The maximum atomic E-state index is 12.7. The normalized spacial score (nSPS) is 14.2. The van der Waals surface area contributed by atoms with Gasteiger partial charge < -0.3 is 24.6 Å². The molecule has 0 saturated heterocycles. The highest BCUT2D eigenvalue weighted by Crippen LogP contribution is 2.43. The molecule has 0 aliphatic heterocycles. The first kappa shape index (κ1) is 65.9. The predicted molar refractivity (Wildman–Crippen MR) is 288 cm³/mol. The number of esters is 1. The van der Waals surface area contributed by atoms with Crippen molar-refractivity contribution in [3.05, 3.63) is 72.9 Å². The summed E-state index contributed by atoms with van der Waals surface area (Å²) in [6, 6.07) is 0. The van der Waals surface area contributed by atoms with Gasteiger partial charge in [0.05, 0.1) is 26.4 Å². The van der Waals surface area contributed by atoms with Crippen molar-refractivity contribution in [3.8, 4) is 0 Å². The average Bonchev–Trinajstić information content (AvgIpc) is 3.33. The Morgan fingerprint density at radius 3 is 1.28 bits per heavy atom. The van der Waals surface area contributed by atoms with E-state index in [1.807, 2.05) is 0 Å². The van der Waals surface area contributed by atoms with Gasteiger partial charge in [-0.3, -0.25) is 13.8 Å². The summed E-state index contributed by atoms with van der Waals surface area (Å²) < 4.78 is 33.6. The van der Waals surface area contributed by atoms with Crippen LogP contribution in [0.1, 0.15) is 245 Å². The van der Waals surface area contributed by atoms with E-state index in [1.165, 1.54) is 148 Å². The third-order valence-electron chi connectivity index (χ3n) is 11.9. The van der Waals surface area contributed by atoms with Crippen LogP contribution in [0.3, 0.4) is 0 Å². The zero-order chi connectivity index (χ0) is 49.5. The molecule has 68 heavy (non-hydrogen) atoms. The van der Waals surface area contributed by atoms with Crippen LogP contribution in [0.25, 0.3) is 0 Å². The summed E-state index contributed by atoms with van der Waals surface area (Å²) in [5, 5.41) is 18.5. The van der Waals surface area contributed by atoms with Crippen molar-refractivity contribution in [1.82, 2.24) is 0 Å². The van der Waals surface area contributed by atoms with Crippen molar-refractivity contribution in [2.75, 3.05) is 33.0 Å². The van der Waals surface area contributed by atoms with Crippen molar-refractivity contribution >= 4 is 13.8 Å². The molecule has 0 fully saturated rings. The lowest BCUT2D eigenvalue weighted by Gasteiger charge is -2.20. The highest BCUT2D eigenvalue weighted by Gasteiger charge is 2.26. The molecule has 0 rings (SSSR count). The van der Waals surface area contributed by atoms with Crippen LogP contribution in [0.2, 0.25) is 0 Å². The van der Waals surface area contributed by atoms with E-state index in [2.05, 4.69) is 86.8 Å². The van der Waals surface area contributed by atoms with Gasteiger partial charge in [0, 0.05) is 13.0 Å². The van der Waals surface area contributed by atoms with E-state index in [4.69, 9.17) is 23.6 Å². The summed E-state index contributed by atoms with van der Waals surface area (Å²) in [5.74, 6) is -0.386. The van der Waals surface area contributed by atoms with Crippen LogP contribution < -0.4 is 0 Å². The molecular formula is C58H105O9P. The summed E-state index contributed by atoms with van der Waals surface area (Å²) in [6.45, 7) is 3.41. The van der Waals surface area contributed by atoms with Gasteiger partial charge in [-0.1, -0.05) is 228 Å². The lowest BCUT2D eigenvalue weighted by molar-refractivity contribution is -0.154. The fraction of sp³-hybridized carbons (Fsp3) is 0.776. The summed E-state index contributed by atoms with van der Waals surface area (Å²) in [6.07, 6.45) is 67.3. The smallest absolute Gasteiger partial charge is 0.457 e. The van der Waals surface area contributed by atoms with E-state index in [1.54, 1.807) is 0 Å². The van der Waals surface area contributed by atoms with Gasteiger partial charge in [0.1, 0.15) is 12.2 Å². The minimum Gasteiger partial charge on any atom is -0.457 e. The summed E-state index contributed by atoms with van der Waals surface area (Å²) in [7, 11) is -4.53. The molecule has 0 aromatic carbocycles. The molecule has 0 aromatic heterocycles. The standard InChI is InChI=1S/C58H105O9P/c1-3-5-7-9-11-13-15-17-19-21-23-25-27-29-31-33-35-37-39-41-43-45-47-49-51-64-54-57(55-66-68(62,63)65-53-56(60)52-59)67-58(61)50-48-46-44-42-40-38-36-34-32-30-28-26-24-22-20-18-16-14-12-10-8-6-4-2/h5,7,11,13,17,19,22-25,29,31,56-57,59-60H,3-4,6,8-10,12,14-16,18,20-21,26-28,30,32-55H2,1-2H3,(H,62,63)/b7-5-,13-11-,19-17-,24-22-,25-23-,31-29-. The molecule has 0 bridgehead atoms. The van der Waals surface area contributed by atoms with Gasteiger partial charge in [0.15, 0.2) is 0 Å². The van der Waals surface area contributed by atoms with Gasteiger partial charge in [-0.25, -0.2) is 4.57 Å². The number of carbonyl (C=O) groups excluding carboxylic acids is 1. The van der Waals surface area contributed by atoms with Crippen molar-refractivity contribution in [2.45, 2.75) is 257 Å². The van der Waals surface area contributed by atoms with Crippen molar-refractivity contribution in [2.24, 2.45) is 0 Å². The third-order valence-corrected chi connectivity index (χ3v) is 12.8. The van der Waals surface area contributed by atoms with Crippen LogP contribution in [-0.2, 0) is 27.9 Å². The number of aliphatic hydroxyl groups is 2. The molecule has 3 atom stereocenters. The Balaban J connectivity index is 4.06. The van der Waals surface area contributed by atoms with Gasteiger partial charge in [-0.05, 0) is 83.5 Å². The zero-order valence-corrected chi connectivity index (χ0v) is 44.7. The van der Waals surface area contributed by atoms with E-state index >= 15 is 0 Å². The Morgan fingerprint density at radius 1 is 0.471 bits per heavy atom. The molecule has 9 nitrogen and oxygen atoms in total. The Labute approximate surface area is 418 Å². The summed E-state index contributed by atoms with van der Waals surface area (Å²) >= 11 is 0. The topological polar surface area (TPSA) is 132 Å². The number of carbonyl (C=O) groups is 1. The second kappa shape index (κ2) is 54.2. The molecule has 0 aliphatic rings. The molecule has 0 saturated carbocycles. The van der Waals surface area contributed by atoms with E-state index in [9.17, 15) is 19.4 Å². The lowest BCUT2D eigenvalue weighted by Crippen LogP contribution is -2.29. The van der Waals surface area contributed by atoms with Crippen molar-refractivity contribution in [1.29, 1.82) is 0 Å². The second-order valence-electron chi connectivity index (χ2n) is 18.6. The number of allylic oxidation sites excluding steroid dienone is 12. The van der Waals surface area contributed by atoms with Crippen LogP contribution in [0.5, 0.6) is 0 Å². The average molecular weight is 977 g/mol.